The number of carbonyl (C=O) groups excluding carboxylic acids is 1. The summed E-state index contributed by atoms with van der Waals surface area (Å²) in [7, 11) is 0. The maximum atomic E-state index is 12.6. The molecule has 0 spiro atoms. The number of amides is 1. The van der Waals surface area contributed by atoms with Crippen molar-refractivity contribution < 1.29 is 4.79 Å². The molecule has 9 heteroatoms. The number of anilines is 4. The normalized spacial score (nSPS) is 10.8. The molecule has 0 unspecified atom stereocenters. The van der Waals surface area contributed by atoms with E-state index in [9.17, 15) is 4.79 Å². The zero-order valence-corrected chi connectivity index (χ0v) is 18.4. The maximum Gasteiger partial charge on any atom is 0.255 e. The molecule has 0 aliphatic rings. The van der Waals surface area contributed by atoms with E-state index in [1.165, 1.54) is 0 Å². The van der Waals surface area contributed by atoms with Crippen LogP contribution in [0.3, 0.4) is 0 Å². The van der Waals surface area contributed by atoms with Gasteiger partial charge in [-0.1, -0.05) is 0 Å². The van der Waals surface area contributed by atoms with Gasteiger partial charge in [0.15, 0.2) is 0 Å². The standard InChI is InChI=1S/C22H23N7OS/c1-4-29(5-2)20-12-14(3)23-22(26-20)25-17-9-7-16(8-10-17)24-21(30)15-6-11-18-19(13-15)28-31-27-18/h6-13H,4-5H2,1-3H3,(H,24,30)(H,23,25,26). The number of nitrogens with one attached hydrogen (secondary N) is 2. The molecular formula is C22H23N7OS. The van der Waals surface area contributed by atoms with E-state index in [-0.39, 0.29) is 5.91 Å². The van der Waals surface area contributed by atoms with Crippen LogP contribution in [0.25, 0.3) is 11.0 Å². The fraction of sp³-hybridized carbons (Fsp3) is 0.227. The van der Waals surface area contributed by atoms with Gasteiger partial charge in [-0.3, -0.25) is 4.79 Å². The molecule has 4 aromatic rings. The predicted molar refractivity (Wildman–Crippen MR) is 125 cm³/mol. The third-order valence-corrected chi connectivity index (χ3v) is 5.40. The molecule has 1 amide bonds. The van der Waals surface area contributed by atoms with Crippen LogP contribution < -0.4 is 15.5 Å². The summed E-state index contributed by atoms with van der Waals surface area (Å²) in [5.41, 5.74) is 4.49. The highest BCUT2D eigenvalue weighted by Gasteiger charge is 2.10. The second-order valence-corrected chi connectivity index (χ2v) is 7.52. The number of fused-ring (bicyclic) bond motifs is 1. The van der Waals surface area contributed by atoms with Gasteiger partial charge in [-0.15, -0.1) is 0 Å². The summed E-state index contributed by atoms with van der Waals surface area (Å²) in [6, 6.07) is 14.7. The first-order valence-corrected chi connectivity index (χ1v) is 10.8. The Labute approximate surface area is 184 Å². The van der Waals surface area contributed by atoms with Gasteiger partial charge in [0, 0.05) is 41.8 Å². The molecule has 0 bridgehead atoms. The van der Waals surface area contributed by atoms with Crippen LogP contribution in [-0.4, -0.2) is 37.7 Å². The van der Waals surface area contributed by atoms with Crippen LogP contribution in [0, 0.1) is 6.92 Å². The van der Waals surface area contributed by atoms with E-state index in [0.717, 1.165) is 53.1 Å². The van der Waals surface area contributed by atoms with E-state index in [1.807, 2.05) is 37.3 Å². The molecule has 2 aromatic heterocycles. The summed E-state index contributed by atoms with van der Waals surface area (Å²) < 4.78 is 8.34. The minimum atomic E-state index is -0.193. The van der Waals surface area contributed by atoms with E-state index in [2.05, 4.69) is 48.1 Å². The first kappa shape index (κ1) is 20.7. The first-order valence-electron chi connectivity index (χ1n) is 10.1. The van der Waals surface area contributed by atoms with E-state index in [4.69, 9.17) is 0 Å². The van der Waals surface area contributed by atoms with Gasteiger partial charge in [-0.05, 0) is 63.2 Å². The molecule has 2 heterocycles. The predicted octanol–water partition coefficient (Wildman–Crippen LogP) is 4.63. The van der Waals surface area contributed by atoms with Crippen molar-refractivity contribution in [2.75, 3.05) is 28.6 Å². The SMILES string of the molecule is CCN(CC)c1cc(C)nc(Nc2ccc(NC(=O)c3ccc4nsnc4c3)cc2)n1. The van der Waals surface area contributed by atoms with E-state index >= 15 is 0 Å². The minimum Gasteiger partial charge on any atom is -0.357 e. The molecule has 0 saturated carbocycles. The Balaban J connectivity index is 1.45. The lowest BCUT2D eigenvalue weighted by molar-refractivity contribution is 0.102. The summed E-state index contributed by atoms with van der Waals surface area (Å²) >= 11 is 1.13. The molecule has 8 nitrogen and oxygen atoms in total. The molecule has 31 heavy (non-hydrogen) atoms. The van der Waals surface area contributed by atoms with Crippen LogP contribution in [0.5, 0.6) is 0 Å². The van der Waals surface area contributed by atoms with Crippen LogP contribution >= 0.6 is 11.7 Å². The average Bonchev–Trinajstić information content (AvgIpc) is 3.23. The summed E-state index contributed by atoms with van der Waals surface area (Å²) in [5.74, 6) is 1.25. The first-order chi connectivity index (χ1) is 15.1. The molecule has 0 aliphatic heterocycles. The van der Waals surface area contributed by atoms with Gasteiger partial charge < -0.3 is 15.5 Å². The Hall–Kier alpha value is -3.59. The highest BCUT2D eigenvalue weighted by molar-refractivity contribution is 7.00. The second-order valence-electron chi connectivity index (χ2n) is 6.99. The topological polar surface area (TPSA) is 95.9 Å². The number of hydrogen-bond acceptors (Lipinski definition) is 8. The number of hydrogen-bond donors (Lipinski definition) is 2. The van der Waals surface area contributed by atoms with Crippen molar-refractivity contribution in [1.29, 1.82) is 0 Å². The van der Waals surface area contributed by atoms with Crippen molar-refractivity contribution in [3.05, 3.63) is 59.8 Å². The van der Waals surface area contributed by atoms with Crippen LogP contribution in [0.2, 0.25) is 0 Å². The Morgan fingerprint density at radius 2 is 1.65 bits per heavy atom. The van der Waals surface area contributed by atoms with Gasteiger partial charge >= 0.3 is 0 Å². The number of nitrogens with zero attached hydrogens (tertiary/aromatic N) is 5. The van der Waals surface area contributed by atoms with Crippen LogP contribution in [0.1, 0.15) is 29.9 Å². The van der Waals surface area contributed by atoms with Crippen molar-refractivity contribution in [2.24, 2.45) is 0 Å². The summed E-state index contributed by atoms with van der Waals surface area (Å²) in [4.78, 5) is 23.8. The lowest BCUT2D eigenvalue weighted by Crippen LogP contribution is -2.23. The molecule has 2 N–H and O–H groups in total. The van der Waals surface area contributed by atoms with E-state index < -0.39 is 0 Å². The van der Waals surface area contributed by atoms with Gasteiger partial charge in [-0.2, -0.15) is 13.7 Å². The maximum absolute atomic E-state index is 12.6. The van der Waals surface area contributed by atoms with Crippen molar-refractivity contribution in [3.63, 3.8) is 0 Å². The molecule has 0 saturated heterocycles. The third kappa shape index (κ3) is 4.77. The zero-order chi connectivity index (χ0) is 21.8. The molecule has 2 aromatic carbocycles. The Morgan fingerprint density at radius 1 is 0.935 bits per heavy atom. The fourth-order valence-corrected chi connectivity index (χ4v) is 3.73. The fourth-order valence-electron chi connectivity index (χ4n) is 3.21. The third-order valence-electron chi connectivity index (χ3n) is 4.84. The van der Waals surface area contributed by atoms with Gasteiger partial charge in [0.2, 0.25) is 5.95 Å². The van der Waals surface area contributed by atoms with Crippen LogP contribution in [0.15, 0.2) is 48.5 Å². The molecule has 4 rings (SSSR count). The minimum absolute atomic E-state index is 0.193. The molecule has 158 valence electrons. The number of benzene rings is 2. The van der Waals surface area contributed by atoms with Crippen molar-refractivity contribution in [3.8, 4) is 0 Å². The smallest absolute Gasteiger partial charge is 0.255 e. The number of rotatable bonds is 7. The summed E-state index contributed by atoms with van der Waals surface area (Å²) in [6.07, 6.45) is 0. The van der Waals surface area contributed by atoms with E-state index in [0.29, 0.717) is 17.2 Å². The Kier molecular flexibility index (Phi) is 6.03. The lowest BCUT2D eigenvalue weighted by Gasteiger charge is -2.20. The van der Waals surface area contributed by atoms with Crippen LogP contribution in [-0.2, 0) is 0 Å². The van der Waals surface area contributed by atoms with Gasteiger partial charge in [0.1, 0.15) is 16.9 Å². The number of aromatic nitrogens is 4. The van der Waals surface area contributed by atoms with Crippen LogP contribution in [0.4, 0.5) is 23.1 Å². The Bertz CT molecular complexity index is 1200. The molecule has 0 atom stereocenters. The largest absolute Gasteiger partial charge is 0.357 e. The van der Waals surface area contributed by atoms with Crippen molar-refractivity contribution in [1.82, 2.24) is 18.7 Å². The summed E-state index contributed by atoms with van der Waals surface area (Å²) in [5, 5.41) is 6.15. The van der Waals surface area contributed by atoms with Crippen molar-refractivity contribution >= 4 is 51.8 Å². The van der Waals surface area contributed by atoms with Crippen molar-refractivity contribution in [2.45, 2.75) is 20.8 Å². The highest BCUT2D eigenvalue weighted by Crippen LogP contribution is 2.21. The quantitative estimate of drug-likeness (QED) is 0.438. The number of aryl methyl sites for hydroxylation is 1. The number of carbonyl (C=O) groups is 1. The molecular weight excluding hydrogens is 410 g/mol. The Morgan fingerprint density at radius 3 is 2.39 bits per heavy atom. The lowest BCUT2D eigenvalue weighted by atomic mass is 10.2. The van der Waals surface area contributed by atoms with Gasteiger partial charge in [0.25, 0.3) is 5.91 Å². The zero-order valence-electron chi connectivity index (χ0n) is 17.6. The average molecular weight is 434 g/mol. The molecule has 0 aliphatic carbocycles. The van der Waals surface area contributed by atoms with Gasteiger partial charge in [-0.25, -0.2) is 4.98 Å². The highest BCUT2D eigenvalue weighted by atomic mass is 32.1. The summed E-state index contributed by atoms with van der Waals surface area (Å²) in [6.45, 7) is 7.93. The molecule has 0 fully saturated rings. The molecule has 0 radical (unpaired) electrons. The monoisotopic (exact) mass is 433 g/mol. The van der Waals surface area contributed by atoms with Gasteiger partial charge in [0.05, 0.1) is 11.7 Å². The van der Waals surface area contributed by atoms with E-state index in [1.54, 1.807) is 18.2 Å². The second kappa shape index (κ2) is 9.05.